The molecule has 0 spiro atoms. The highest BCUT2D eigenvalue weighted by Crippen LogP contribution is 2.62. The Hall–Kier alpha value is -2.17. The lowest BCUT2D eigenvalue weighted by molar-refractivity contribution is 0.0732. The molecule has 3 aliphatic carbocycles. The van der Waals surface area contributed by atoms with E-state index in [1.165, 1.54) is 31.4 Å². The molecule has 0 saturated heterocycles. The number of hydrogen-bond donors (Lipinski definition) is 1. The average molecular weight is 396 g/mol. The van der Waals surface area contributed by atoms with Gasteiger partial charge in [-0.25, -0.2) is 9.07 Å². The molecule has 0 radical (unpaired) electrons. The molecule has 2 unspecified atom stereocenters. The monoisotopic (exact) mass is 395 g/mol. The van der Waals surface area contributed by atoms with E-state index in [2.05, 4.69) is 26.1 Å². The van der Waals surface area contributed by atoms with E-state index in [1.807, 2.05) is 4.68 Å². The van der Waals surface area contributed by atoms with Gasteiger partial charge in [0.15, 0.2) is 5.69 Å². The van der Waals surface area contributed by atoms with Gasteiger partial charge in [-0.05, 0) is 86.0 Å². The van der Waals surface area contributed by atoms with Crippen molar-refractivity contribution in [1.29, 1.82) is 0 Å². The molecule has 5 heteroatoms. The van der Waals surface area contributed by atoms with Crippen LogP contribution in [0.4, 0.5) is 4.39 Å². The summed E-state index contributed by atoms with van der Waals surface area (Å²) in [5.74, 6) is 0.374. The van der Waals surface area contributed by atoms with Crippen LogP contribution in [0.15, 0.2) is 24.3 Å². The summed E-state index contributed by atoms with van der Waals surface area (Å²) in [5, 5.41) is 8.16. The number of carbonyl (C=O) groups is 1. The molecular weight excluding hydrogens is 365 g/mol. The summed E-state index contributed by atoms with van der Waals surface area (Å²) in [5.41, 5.74) is 3.85. The lowest BCUT2D eigenvalue weighted by Gasteiger charge is -2.43. The van der Waals surface area contributed by atoms with E-state index >= 15 is 0 Å². The summed E-state index contributed by atoms with van der Waals surface area (Å²) in [6.45, 7) is 6.94. The number of aromatic nitrogens is 2. The number of benzene rings is 1. The summed E-state index contributed by atoms with van der Waals surface area (Å²) >= 11 is 0. The Morgan fingerprint density at radius 3 is 2.59 bits per heavy atom. The van der Waals surface area contributed by atoms with Gasteiger partial charge in [-0.15, -0.1) is 0 Å². The van der Waals surface area contributed by atoms with Gasteiger partial charge in [0.1, 0.15) is 5.82 Å². The van der Waals surface area contributed by atoms with Gasteiger partial charge < -0.3 is 5.32 Å². The molecule has 4 nitrogen and oxygen atoms in total. The van der Waals surface area contributed by atoms with Crippen LogP contribution in [0.25, 0.3) is 5.69 Å². The second kappa shape index (κ2) is 6.41. The third-order valence-corrected chi connectivity index (χ3v) is 8.01. The third-order valence-electron chi connectivity index (χ3n) is 8.01. The van der Waals surface area contributed by atoms with Crippen molar-refractivity contribution in [3.8, 4) is 5.69 Å². The molecule has 2 aromatic rings. The van der Waals surface area contributed by atoms with Crippen molar-refractivity contribution in [1.82, 2.24) is 15.1 Å². The largest absolute Gasteiger partial charge is 0.347 e. The van der Waals surface area contributed by atoms with Gasteiger partial charge in [0.25, 0.3) is 5.91 Å². The van der Waals surface area contributed by atoms with E-state index in [-0.39, 0.29) is 28.6 Å². The Bertz CT molecular complexity index is 956. The molecule has 1 aromatic heterocycles. The molecule has 0 aliphatic heterocycles. The predicted octanol–water partition coefficient (Wildman–Crippen LogP) is 4.83. The molecular formula is C24H30FN3O. The van der Waals surface area contributed by atoms with E-state index in [4.69, 9.17) is 5.10 Å². The first-order valence-corrected chi connectivity index (χ1v) is 11.0. The first-order chi connectivity index (χ1) is 13.8. The number of nitrogens with zero attached hydrogens (tertiary/aromatic N) is 2. The fourth-order valence-electron chi connectivity index (χ4n) is 6.44. The quantitative estimate of drug-likeness (QED) is 0.809. The molecule has 29 heavy (non-hydrogen) atoms. The van der Waals surface area contributed by atoms with Gasteiger partial charge in [-0.1, -0.05) is 20.8 Å². The highest BCUT2D eigenvalue weighted by Gasteiger charge is 2.59. The molecule has 2 saturated carbocycles. The topological polar surface area (TPSA) is 46.9 Å². The number of hydrogen-bond acceptors (Lipinski definition) is 2. The van der Waals surface area contributed by atoms with Crippen LogP contribution in [0, 0.1) is 22.6 Å². The highest BCUT2D eigenvalue weighted by molar-refractivity contribution is 5.94. The molecule has 1 N–H and O–H groups in total. The van der Waals surface area contributed by atoms with Crippen LogP contribution >= 0.6 is 0 Å². The van der Waals surface area contributed by atoms with Gasteiger partial charge in [0, 0.05) is 17.3 Å². The maximum absolute atomic E-state index is 13.4. The van der Waals surface area contributed by atoms with Crippen LogP contribution in [0.2, 0.25) is 0 Å². The lowest BCUT2D eigenvalue weighted by atomic mass is 9.68. The van der Waals surface area contributed by atoms with Crippen LogP contribution in [0.1, 0.15) is 74.6 Å². The normalized spacial score (nSPS) is 29.7. The fraction of sp³-hybridized carbons (Fsp3) is 0.583. The van der Waals surface area contributed by atoms with E-state index in [0.29, 0.717) is 11.6 Å². The van der Waals surface area contributed by atoms with Gasteiger partial charge in [0.05, 0.1) is 5.69 Å². The van der Waals surface area contributed by atoms with Crippen LogP contribution < -0.4 is 5.32 Å². The molecule has 1 aromatic carbocycles. The average Bonchev–Trinajstić information content (AvgIpc) is 3.33. The zero-order valence-corrected chi connectivity index (χ0v) is 17.6. The molecule has 5 rings (SSSR count). The number of amides is 1. The van der Waals surface area contributed by atoms with Gasteiger partial charge in [0.2, 0.25) is 0 Å². The summed E-state index contributed by atoms with van der Waals surface area (Å²) in [7, 11) is 0. The summed E-state index contributed by atoms with van der Waals surface area (Å²) in [6.07, 6.45) is 7.62. The number of carbonyl (C=O) groups excluding carboxylic acids is 1. The predicted molar refractivity (Wildman–Crippen MR) is 111 cm³/mol. The van der Waals surface area contributed by atoms with Crippen molar-refractivity contribution < 1.29 is 9.18 Å². The SMILES string of the molecule is CC12CCC(C1)C(C)(C)[C@H]2NC(=O)c1nn(-c2ccc(F)cc2)c2c1CCCC2. The number of rotatable bonds is 3. The molecule has 2 fully saturated rings. The second-order valence-electron chi connectivity index (χ2n) is 10.2. The smallest absolute Gasteiger partial charge is 0.272 e. The molecule has 2 bridgehead atoms. The van der Waals surface area contributed by atoms with Crippen molar-refractivity contribution in [2.45, 2.75) is 71.8 Å². The maximum Gasteiger partial charge on any atom is 0.272 e. The van der Waals surface area contributed by atoms with Crippen molar-refractivity contribution >= 4 is 5.91 Å². The van der Waals surface area contributed by atoms with Crippen molar-refractivity contribution in [3.63, 3.8) is 0 Å². The second-order valence-corrected chi connectivity index (χ2v) is 10.2. The minimum Gasteiger partial charge on any atom is -0.347 e. The molecule has 1 heterocycles. The lowest BCUT2D eigenvalue weighted by Crippen LogP contribution is -2.52. The van der Waals surface area contributed by atoms with Crippen LogP contribution in [-0.2, 0) is 12.8 Å². The molecule has 1 amide bonds. The van der Waals surface area contributed by atoms with Gasteiger partial charge in [-0.3, -0.25) is 4.79 Å². The third kappa shape index (κ3) is 2.84. The van der Waals surface area contributed by atoms with E-state index in [9.17, 15) is 9.18 Å². The van der Waals surface area contributed by atoms with Crippen molar-refractivity contribution in [2.75, 3.05) is 0 Å². The van der Waals surface area contributed by atoms with E-state index in [0.717, 1.165) is 42.6 Å². The highest BCUT2D eigenvalue weighted by atomic mass is 19.1. The van der Waals surface area contributed by atoms with E-state index < -0.39 is 0 Å². The molecule has 3 aliphatic rings. The Kier molecular flexibility index (Phi) is 4.17. The van der Waals surface area contributed by atoms with Crippen LogP contribution in [0.3, 0.4) is 0 Å². The summed E-state index contributed by atoms with van der Waals surface area (Å²) < 4.78 is 15.2. The van der Waals surface area contributed by atoms with E-state index in [1.54, 1.807) is 12.1 Å². The number of nitrogens with one attached hydrogen (secondary N) is 1. The zero-order valence-electron chi connectivity index (χ0n) is 17.6. The Morgan fingerprint density at radius 1 is 1.17 bits per heavy atom. The Morgan fingerprint density at radius 2 is 1.90 bits per heavy atom. The minimum atomic E-state index is -0.264. The minimum absolute atomic E-state index is 0.0455. The standard InChI is InChI=1S/C24H30FN3O/c1-23(2)15-12-13-24(3,14-15)22(23)26-21(29)20-18-6-4-5-7-19(18)28(27-20)17-10-8-16(25)9-11-17/h8-11,15,22H,4-7,12-14H2,1-3H3,(H,26,29)/t15?,22-,24?/m1/s1. The first kappa shape index (κ1) is 18.8. The van der Waals surface area contributed by atoms with Crippen LogP contribution in [0.5, 0.6) is 0 Å². The molecule has 154 valence electrons. The van der Waals surface area contributed by atoms with Crippen molar-refractivity contribution in [3.05, 3.63) is 47.0 Å². The Labute approximate surface area is 171 Å². The zero-order chi connectivity index (χ0) is 20.4. The maximum atomic E-state index is 13.4. The number of halogens is 1. The van der Waals surface area contributed by atoms with Gasteiger partial charge >= 0.3 is 0 Å². The van der Waals surface area contributed by atoms with Gasteiger partial charge in [-0.2, -0.15) is 5.10 Å². The Balaban J connectivity index is 1.50. The number of fused-ring (bicyclic) bond motifs is 3. The molecule has 3 atom stereocenters. The first-order valence-electron chi connectivity index (χ1n) is 11.0. The fourth-order valence-corrected chi connectivity index (χ4v) is 6.44. The summed E-state index contributed by atoms with van der Waals surface area (Å²) in [6, 6.07) is 6.55. The summed E-state index contributed by atoms with van der Waals surface area (Å²) in [4.78, 5) is 13.4. The van der Waals surface area contributed by atoms with Crippen molar-refractivity contribution in [2.24, 2.45) is 16.7 Å². The van der Waals surface area contributed by atoms with Crippen LogP contribution in [-0.4, -0.2) is 21.7 Å².